The van der Waals surface area contributed by atoms with Gasteiger partial charge in [0.2, 0.25) is 0 Å². The Hall–Kier alpha value is -2.01. The normalized spacial score (nSPS) is 35.1. The quantitative estimate of drug-likeness (QED) is 0.529. The van der Waals surface area contributed by atoms with E-state index >= 15 is 0 Å². The number of esters is 1. The van der Waals surface area contributed by atoms with Gasteiger partial charge >= 0.3 is 5.97 Å². The zero-order chi connectivity index (χ0) is 21.8. The fourth-order valence-electron chi connectivity index (χ4n) is 6.84. The summed E-state index contributed by atoms with van der Waals surface area (Å²) in [5, 5.41) is 0. The number of benzene rings is 1. The van der Waals surface area contributed by atoms with Gasteiger partial charge in [-0.3, -0.25) is 9.69 Å². The summed E-state index contributed by atoms with van der Waals surface area (Å²) in [5.41, 5.74) is 4.24. The maximum Gasteiger partial charge on any atom is 0.310 e. The van der Waals surface area contributed by atoms with Gasteiger partial charge in [-0.05, 0) is 73.1 Å². The second-order valence-electron chi connectivity index (χ2n) is 10.4. The van der Waals surface area contributed by atoms with E-state index in [0.717, 1.165) is 56.8 Å². The van der Waals surface area contributed by atoms with Crippen molar-refractivity contribution in [3.8, 4) is 11.5 Å². The van der Waals surface area contributed by atoms with Gasteiger partial charge in [0, 0.05) is 25.6 Å². The van der Waals surface area contributed by atoms with Crippen molar-refractivity contribution >= 4 is 5.97 Å². The van der Waals surface area contributed by atoms with Crippen LogP contribution in [0.1, 0.15) is 50.2 Å². The Labute approximate surface area is 185 Å². The Morgan fingerprint density at radius 3 is 2.68 bits per heavy atom. The molecule has 2 heterocycles. The average Bonchev–Trinajstić information content (AvgIpc) is 3.04. The van der Waals surface area contributed by atoms with Gasteiger partial charge in [0.1, 0.15) is 6.10 Å². The molecule has 0 amide bonds. The molecule has 0 aromatic heterocycles. The van der Waals surface area contributed by atoms with Crippen LogP contribution < -0.4 is 9.47 Å². The smallest absolute Gasteiger partial charge is 0.310 e. The van der Waals surface area contributed by atoms with E-state index in [1.54, 1.807) is 14.2 Å². The lowest BCUT2D eigenvalue weighted by molar-refractivity contribution is -0.146. The van der Waals surface area contributed by atoms with Crippen molar-refractivity contribution in [1.82, 2.24) is 4.90 Å². The molecule has 2 saturated carbocycles. The van der Waals surface area contributed by atoms with Crippen LogP contribution in [0.5, 0.6) is 11.5 Å². The average molecular weight is 426 g/mol. The van der Waals surface area contributed by atoms with Crippen LogP contribution >= 0.6 is 0 Å². The summed E-state index contributed by atoms with van der Waals surface area (Å²) < 4.78 is 16.9. The number of rotatable bonds is 4. The van der Waals surface area contributed by atoms with Crippen LogP contribution in [-0.4, -0.2) is 44.3 Å². The maximum absolute atomic E-state index is 12.9. The molecule has 0 bridgehead atoms. The molecular formula is C26H35NO4. The molecular weight excluding hydrogens is 390 g/mol. The van der Waals surface area contributed by atoms with Gasteiger partial charge < -0.3 is 14.2 Å². The van der Waals surface area contributed by atoms with Crippen molar-refractivity contribution in [2.24, 2.45) is 23.2 Å². The molecule has 0 N–H and O–H groups in total. The molecule has 1 aromatic carbocycles. The van der Waals surface area contributed by atoms with Crippen LogP contribution in [0.2, 0.25) is 0 Å². The monoisotopic (exact) mass is 425 g/mol. The van der Waals surface area contributed by atoms with Gasteiger partial charge in [0.25, 0.3) is 0 Å². The van der Waals surface area contributed by atoms with Gasteiger partial charge in [-0.2, -0.15) is 0 Å². The van der Waals surface area contributed by atoms with E-state index in [-0.39, 0.29) is 23.4 Å². The minimum atomic E-state index is -0.0222. The van der Waals surface area contributed by atoms with Gasteiger partial charge in [-0.1, -0.05) is 19.1 Å². The molecule has 1 aromatic rings. The number of hydrogen-bond donors (Lipinski definition) is 0. The number of methoxy groups -OCH3 is 2. The molecule has 168 valence electrons. The van der Waals surface area contributed by atoms with E-state index < -0.39 is 0 Å². The van der Waals surface area contributed by atoms with Crippen molar-refractivity contribution in [3.05, 3.63) is 35.4 Å². The third kappa shape index (κ3) is 3.55. The lowest BCUT2D eigenvalue weighted by atomic mass is 9.55. The predicted molar refractivity (Wildman–Crippen MR) is 119 cm³/mol. The van der Waals surface area contributed by atoms with Crippen molar-refractivity contribution in [3.63, 3.8) is 0 Å². The van der Waals surface area contributed by atoms with E-state index in [9.17, 15) is 4.79 Å². The Kier molecular flexibility index (Phi) is 5.28. The van der Waals surface area contributed by atoms with Crippen LogP contribution in [0.15, 0.2) is 24.3 Å². The molecule has 5 atom stereocenters. The van der Waals surface area contributed by atoms with E-state index in [1.165, 1.54) is 29.5 Å². The molecule has 2 aliphatic carbocycles. The molecule has 0 spiro atoms. The SMILES string of the molecule is C=C1CCC[C@]2(C)C[C@H]3OC(=O)[C@H](CN4CCc5cc(OC)c(OC)cc5C4)[C@H]3C[C@H]12. The number of nitrogens with zero attached hydrogens (tertiary/aromatic N) is 1. The van der Waals surface area contributed by atoms with Crippen LogP contribution in [-0.2, 0) is 22.5 Å². The van der Waals surface area contributed by atoms with E-state index in [1.807, 2.05) is 0 Å². The largest absolute Gasteiger partial charge is 0.493 e. The van der Waals surface area contributed by atoms with E-state index in [4.69, 9.17) is 14.2 Å². The van der Waals surface area contributed by atoms with Crippen LogP contribution in [0.3, 0.4) is 0 Å². The molecule has 31 heavy (non-hydrogen) atoms. The zero-order valence-electron chi connectivity index (χ0n) is 19.1. The second-order valence-corrected chi connectivity index (χ2v) is 10.4. The zero-order valence-corrected chi connectivity index (χ0v) is 19.1. The topological polar surface area (TPSA) is 48.0 Å². The molecule has 1 saturated heterocycles. The van der Waals surface area contributed by atoms with Gasteiger partial charge in [0.05, 0.1) is 20.1 Å². The lowest BCUT2D eigenvalue weighted by Gasteiger charge is -2.50. The maximum atomic E-state index is 12.9. The Morgan fingerprint density at radius 1 is 1.19 bits per heavy atom. The highest BCUT2D eigenvalue weighted by Crippen LogP contribution is 2.57. The van der Waals surface area contributed by atoms with Crippen molar-refractivity contribution in [2.75, 3.05) is 27.3 Å². The summed E-state index contributed by atoms with van der Waals surface area (Å²) in [6.45, 7) is 9.38. The molecule has 2 aliphatic heterocycles. The van der Waals surface area contributed by atoms with Crippen molar-refractivity contribution in [1.29, 1.82) is 0 Å². The lowest BCUT2D eigenvalue weighted by Crippen LogP contribution is -2.46. The van der Waals surface area contributed by atoms with Crippen LogP contribution in [0.25, 0.3) is 0 Å². The molecule has 0 radical (unpaired) electrons. The number of carbonyl (C=O) groups excluding carboxylic acids is 1. The number of allylic oxidation sites excluding steroid dienone is 1. The molecule has 3 fully saturated rings. The number of carbonyl (C=O) groups is 1. The number of fused-ring (bicyclic) bond motifs is 3. The second kappa shape index (κ2) is 7.84. The standard InChI is InChI=1S/C26H35NO4/c1-16-6-5-8-26(2)13-24-19(12-21(16)26)20(25(28)31-24)15-27-9-7-17-10-22(29-3)23(30-4)11-18(17)14-27/h10-11,19-21,24H,1,5-9,12-15H2,2-4H3/t19-,20-,21-,24-,26-/m1/s1. The summed E-state index contributed by atoms with van der Waals surface area (Å²) in [4.78, 5) is 15.4. The van der Waals surface area contributed by atoms with Crippen LogP contribution in [0, 0.1) is 23.2 Å². The fourth-order valence-corrected chi connectivity index (χ4v) is 6.84. The van der Waals surface area contributed by atoms with Gasteiger partial charge in [-0.25, -0.2) is 0 Å². The first-order valence-corrected chi connectivity index (χ1v) is 11.8. The first-order chi connectivity index (χ1) is 14.9. The molecule has 5 nitrogen and oxygen atoms in total. The number of hydrogen-bond acceptors (Lipinski definition) is 5. The highest BCUT2D eigenvalue weighted by Gasteiger charge is 2.55. The van der Waals surface area contributed by atoms with Crippen molar-refractivity contribution in [2.45, 2.75) is 58.1 Å². The summed E-state index contributed by atoms with van der Waals surface area (Å²) in [7, 11) is 3.35. The Morgan fingerprint density at radius 2 is 1.94 bits per heavy atom. The Bertz CT molecular complexity index is 896. The summed E-state index contributed by atoms with van der Waals surface area (Å²) in [6.07, 6.45) is 6.72. The highest BCUT2D eigenvalue weighted by molar-refractivity contribution is 5.75. The summed E-state index contributed by atoms with van der Waals surface area (Å²) in [5.74, 6) is 2.41. The number of ether oxygens (including phenoxy) is 3. The molecule has 5 rings (SSSR count). The molecule has 5 heteroatoms. The molecule has 4 aliphatic rings. The molecule has 0 unspecified atom stereocenters. The predicted octanol–water partition coefficient (Wildman–Crippen LogP) is 4.38. The van der Waals surface area contributed by atoms with Crippen molar-refractivity contribution < 1.29 is 19.0 Å². The van der Waals surface area contributed by atoms with E-state index in [2.05, 4.69) is 30.5 Å². The minimum Gasteiger partial charge on any atom is -0.493 e. The third-order valence-electron chi connectivity index (χ3n) is 8.57. The van der Waals surface area contributed by atoms with Gasteiger partial charge in [0.15, 0.2) is 11.5 Å². The van der Waals surface area contributed by atoms with E-state index in [0.29, 0.717) is 11.8 Å². The first-order valence-electron chi connectivity index (χ1n) is 11.8. The fraction of sp³-hybridized carbons (Fsp3) is 0.654. The first kappa shape index (κ1) is 20.9. The van der Waals surface area contributed by atoms with Gasteiger partial charge in [-0.15, -0.1) is 0 Å². The highest BCUT2D eigenvalue weighted by atomic mass is 16.6. The Balaban J connectivity index is 1.32. The van der Waals surface area contributed by atoms with Crippen LogP contribution in [0.4, 0.5) is 0 Å². The minimum absolute atomic E-state index is 0.0148. The summed E-state index contributed by atoms with van der Waals surface area (Å²) in [6, 6.07) is 4.19. The third-order valence-corrected chi connectivity index (χ3v) is 8.57. The summed E-state index contributed by atoms with van der Waals surface area (Å²) >= 11 is 0.